The van der Waals surface area contributed by atoms with E-state index in [4.69, 9.17) is 5.26 Å². The van der Waals surface area contributed by atoms with Gasteiger partial charge in [0, 0.05) is 25.7 Å². The highest BCUT2D eigenvalue weighted by Gasteiger charge is 2.29. The van der Waals surface area contributed by atoms with E-state index < -0.39 is 0 Å². The van der Waals surface area contributed by atoms with Gasteiger partial charge in [0.25, 0.3) is 0 Å². The van der Waals surface area contributed by atoms with E-state index in [1.165, 1.54) is 25.8 Å². The van der Waals surface area contributed by atoms with Crippen molar-refractivity contribution in [3.05, 3.63) is 18.1 Å². The van der Waals surface area contributed by atoms with Crippen LogP contribution < -0.4 is 4.90 Å². The van der Waals surface area contributed by atoms with Crippen LogP contribution in [-0.4, -0.2) is 47.1 Å². The standard InChI is InChI=1S/C13H17N5/c14-7-11-8-16-13(9-15-11)18-6-5-17-4-2-1-3-12(17)10-18/h8-9,12H,1-6,10H2. The van der Waals surface area contributed by atoms with Crippen LogP contribution in [0.25, 0.3) is 0 Å². The predicted molar refractivity (Wildman–Crippen MR) is 68.2 cm³/mol. The predicted octanol–water partition coefficient (Wildman–Crippen LogP) is 1.02. The number of fused-ring (bicyclic) bond motifs is 1. The molecule has 1 atom stereocenters. The molecule has 1 aromatic heterocycles. The first kappa shape index (κ1) is 11.4. The van der Waals surface area contributed by atoms with Gasteiger partial charge in [0.15, 0.2) is 5.69 Å². The number of nitriles is 1. The second-order valence-corrected chi connectivity index (χ2v) is 5.00. The summed E-state index contributed by atoms with van der Waals surface area (Å²) in [6.07, 6.45) is 7.25. The van der Waals surface area contributed by atoms with Crippen LogP contribution in [0.2, 0.25) is 0 Å². The molecule has 2 aliphatic heterocycles. The molecule has 2 saturated heterocycles. The minimum Gasteiger partial charge on any atom is -0.352 e. The first-order chi connectivity index (χ1) is 8.86. The van der Waals surface area contributed by atoms with E-state index in [1.807, 2.05) is 6.07 Å². The van der Waals surface area contributed by atoms with E-state index in [9.17, 15) is 0 Å². The Morgan fingerprint density at radius 2 is 2.11 bits per heavy atom. The lowest BCUT2D eigenvalue weighted by Gasteiger charge is -2.44. The number of aromatic nitrogens is 2. The summed E-state index contributed by atoms with van der Waals surface area (Å²) < 4.78 is 0. The fourth-order valence-corrected chi connectivity index (χ4v) is 2.91. The molecule has 1 aromatic rings. The molecular weight excluding hydrogens is 226 g/mol. The van der Waals surface area contributed by atoms with Crippen LogP contribution in [0.1, 0.15) is 25.0 Å². The van der Waals surface area contributed by atoms with Gasteiger partial charge in [-0.05, 0) is 19.4 Å². The fraction of sp³-hybridized carbons (Fsp3) is 0.615. The Bertz CT molecular complexity index is 449. The molecule has 2 aliphatic rings. The third-order valence-electron chi connectivity index (χ3n) is 3.91. The Labute approximate surface area is 107 Å². The van der Waals surface area contributed by atoms with Crippen molar-refractivity contribution in [2.24, 2.45) is 0 Å². The van der Waals surface area contributed by atoms with Crippen LogP contribution in [0.5, 0.6) is 0 Å². The summed E-state index contributed by atoms with van der Waals surface area (Å²) in [4.78, 5) is 13.3. The van der Waals surface area contributed by atoms with Gasteiger partial charge in [0.1, 0.15) is 11.9 Å². The molecule has 18 heavy (non-hydrogen) atoms. The van der Waals surface area contributed by atoms with E-state index in [1.54, 1.807) is 12.4 Å². The highest BCUT2D eigenvalue weighted by molar-refractivity contribution is 5.38. The monoisotopic (exact) mass is 243 g/mol. The van der Waals surface area contributed by atoms with Gasteiger partial charge in [-0.2, -0.15) is 5.26 Å². The molecule has 5 nitrogen and oxygen atoms in total. The van der Waals surface area contributed by atoms with Crippen molar-refractivity contribution < 1.29 is 0 Å². The van der Waals surface area contributed by atoms with Crippen molar-refractivity contribution in [2.45, 2.75) is 25.3 Å². The molecule has 0 spiro atoms. The van der Waals surface area contributed by atoms with Crippen molar-refractivity contribution in [1.82, 2.24) is 14.9 Å². The molecule has 0 aliphatic carbocycles. The number of hydrogen-bond acceptors (Lipinski definition) is 5. The molecule has 5 heteroatoms. The molecule has 94 valence electrons. The van der Waals surface area contributed by atoms with Gasteiger partial charge in [-0.1, -0.05) is 6.42 Å². The molecule has 0 N–H and O–H groups in total. The first-order valence-electron chi connectivity index (χ1n) is 6.58. The molecule has 1 unspecified atom stereocenters. The molecule has 0 aromatic carbocycles. The molecular formula is C13H17N5. The molecule has 0 saturated carbocycles. The number of piperazine rings is 1. The summed E-state index contributed by atoms with van der Waals surface area (Å²) in [6.45, 7) is 4.42. The lowest BCUT2D eigenvalue weighted by atomic mass is 9.99. The quantitative estimate of drug-likeness (QED) is 0.737. The van der Waals surface area contributed by atoms with Crippen molar-refractivity contribution in [3.8, 4) is 6.07 Å². The van der Waals surface area contributed by atoms with E-state index in [0.29, 0.717) is 11.7 Å². The number of rotatable bonds is 1. The molecule has 3 heterocycles. The summed E-state index contributed by atoms with van der Waals surface area (Å²) in [7, 11) is 0. The first-order valence-corrected chi connectivity index (χ1v) is 6.58. The number of piperidine rings is 1. The van der Waals surface area contributed by atoms with Crippen LogP contribution >= 0.6 is 0 Å². The lowest BCUT2D eigenvalue weighted by Crippen LogP contribution is -2.55. The van der Waals surface area contributed by atoms with Crippen molar-refractivity contribution in [1.29, 1.82) is 5.26 Å². The number of nitrogens with zero attached hydrogens (tertiary/aromatic N) is 5. The minimum absolute atomic E-state index is 0.384. The van der Waals surface area contributed by atoms with Crippen molar-refractivity contribution >= 4 is 5.82 Å². The third-order valence-corrected chi connectivity index (χ3v) is 3.91. The SMILES string of the molecule is N#Cc1cnc(N2CCN3CCCCC3C2)cn1. The maximum atomic E-state index is 8.72. The minimum atomic E-state index is 0.384. The highest BCUT2D eigenvalue weighted by atomic mass is 15.3. The summed E-state index contributed by atoms with van der Waals surface area (Å²) in [5.74, 6) is 0.902. The zero-order valence-electron chi connectivity index (χ0n) is 10.4. The van der Waals surface area contributed by atoms with Crippen LogP contribution in [-0.2, 0) is 0 Å². The molecule has 0 amide bonds. The Balaban J connectivity index is 1.71. The fourth-order valence-electron chi connectivity index (χ4n) is 2.91. The van der Waals surface area contributed by atoms with E-state index in [-0.39, 0.29) is 0 Å². The number of hydrogen-bond donors (Lipinski definition) is 0. The van der Waals surface area contributed by atoms with Gasteiger partial charge in [-0.15, -0.1) is 0 Å². The van der Waals surface area contributed by atoms with Crippen LogP contribution in [0, 0.1) is 11.3 Å². The second kappa shape index (κ2) is 4.91. The van der Waals surface area contributed by atoms with E-state index in [2.05, 4.69) is 19.8 Å². The molecule has 3 rings (SSSR count). The molecule has 0 bridgehead atoms. The van der Waals surface area contributed by atoms with E-state index >= 15 is 0 Å². The molecule has 2 fully saturated rings. The maximum absolute atomic E-state index is 8.72. The molecule has 0 radical (unpaired) electrons. The average Bonchev–Trinajstić information content (AvgIpc) is 2.47. The third kappa shape index (κ3) is 2.16. The van der Waals surface area contributed by atoms with Crippen LogP contribution in [0.15, 0.2) is 12.4 Å². The van der Waals surface area contributed by atoms with Gasteiger partial charge in [0.2, 0.25) is 0 Å². The Kier molecular flexibility index (Phi) is 3.11. The Hall–Kier alpha value is -1.67. The Morgan fingerprint density at radius 1 is 1.17 bits per heavy atom. The lowest BCUT2D eigenvalue weighted by molar-refractivity contribution is 0.133. The largest absolute Gasteiger partial charge is 0.352 e. The average molecular weight is 243 g/mol. The normalized spacial score (nSPS) is 24.4. The smallest absolute Gasteiger partial charge is 0.158 e. The van der Waals surface area contributed by atoms with Gasteiger partial charge >= 0.3 is 0 Å². The highest BCUT2D eigenvalue weighted by Crippen LogP contribution is 2.23. The zero-order chi connectivity index (χ0) is 12.4. The van der Waals surface area contributed by atoms with Gasteiger partial charge in [0.05, 0.1) is 12.4 Å². The Morgan fingerprint density at radius 3 is 2.89 bits per heavy atom. The van der Waals surface area contributed by atoms with Crippen molar-refractivity contribution in [2.75, 3.05) is 31.1 Å². The summed E-state index contributed by atoms with van der Waals surface area (Å²) in [5, 5.41) is 8.72. The van der Waals surface area contributed by atoms with E-state index in [0.717, 1.165) is 25.5 Å². The van der Waals surface area contributed by atoms with Gasteiger partial charge < -0.3 is 4.90 Å². The maximum Gasteiger partial charge on any atom is 0.158 e. The zero-order valence-corrected chi connectivity index (χ0v) is 10.4. The van der Waals surface area contributed by atoms with Gasteiger partial charge in [-0.3, -0.25) is 4.90 Å². The number of anilines is 1. The topological polar surface area (TPSA) is 56.1 Å². The summed E-state index contributed by atoms with van der Waals surface area (Å²) in [5.41, 5.74) is 0.384. The summed E-state index contributed by atoms with van der Waals surface area (Å²) >= 11 is 0. The van der Waals surface area contributed by atoms with Gasteiger partial charge in [-0.25, -0.2) is 9.97 Å². The second-order valence-electron chi connectivity index (χ2n) is 5.00. The van der Waals surface area contributed by atoms with Crippen molar-refractivity contribution in [3.63, 3.8) is 0 Å². The van der Waals surface area contributed by atoms with Crippen LogP contribution in [0.3, 0.4) is 0 Å². The summed E-state index contributed by atoms with van der Waals surface area (Å²) in [6, 6.07) is 2.67. The van der Waals surface area contributed by atoms with Crippen LogP contribution in [0.4, 0.5) is 5.82 Å².